The average molecular weight is 306 g/mol. The van der Waals surface area contributed by atoms with Crippen LogP contribution in [0.3, 0.4) is 0 Å². The third kappa shape index (κ3) is 3.00. The molecule has 0 spiro atoms. The van der Waals surface area contributed by atoms with Gasteiger partial charge in [0, 0.05) is 18.2 Å². The fourth-order valence-corrected chi connectivity index (χ4v) is 2.41. The van der Waals surface area contributed by atoms with Crippen LogP contribution in [-0.4, -0.2) is 20.3 Å². The number of nitrogens with one attached hydrogen (secondary N) is 1. The summed E-state index contributed by atoms with van der Waals surface area (Å²) in [5.41, 5.74) is 1.86. The molecule has 0 atom stereocenters. The Morgan fingerprint density at radius 1 is 1.19 bits per heavy atom. The molecule has 0 radical (unpaired) electrons. The number of halogens is 1. The van der Waals surface area contributed by atoms with Gasteiger partial charge < -0.3 is 19.5 Å². The van der Waals surface area contributed by atoms with Gasteiger partial charge in [0.2, 0.25) is 0 Å². The number of ether oxygens (including phenoxy) is 3. The first-order valence-electron chi connectivity index (χ1n) is 6.73. The van der Waals surface area contributed by atoms with Gasteiger partial charge in [-0.1, -0.05) is 23.7 Å². The van der Waals surface area contributed by atoms with Crippen LogP contribution in [0.5, 0.6) is 17.2 Å². The van der Waals surface area contributed by atoms with Gasteiger partial charge in [0.05, 0.1) is 17.8 Å². The summed E-state index contributed by atoms with van der Waals surface area (Å²) in [7, 11) is 1.63. The molecule has 0 amide bonds. The predicted molar refractivity (Wildman–Crippen MR) is 82.8 cm³/mol. The van der Waals surface area contributed by atoms with E-state index in [2.05, 4.69) is 5.32 Å². The van der Waals surface area contributed by atoms with E-state index in [9.17, 15) is 0 Å². The molecule has 0 saturated carbocycles. The zero-order valence-corrected chi connectivity index (χ0v) is 12.4. The van der Waals surface area contributed by atoms with Crippen LogP contribution in [0.2, 0.25) is 5.02 Å². The summed E-state index contributed by atoms with van der Waals surface area (Å²) in [6.45, 7) is 1.76. The second-order valence-electron chi connectivity index (χ2n) is 4.64. The van der Waals surface area contributed by atoms with Crippen molar-refractivity contribution < 1.29 is 14.2 Å². The molecule has 0 fully saturated rings. The molecule has 2 aromatic rings. The molecule has 3 rings (SSSR count). The molecule has 1 aliphatic rings. The zero-order valence-electron chi connectivity index (χ0n) is 11.7. The van der Waals surface area contributed by atoms with E-state index < -0.39 is 0 Å². The van der Waals surface area contributed by atoms with E-state index in [0.29, 0.717) is 24.8 Å². The van der Waals surface area contributed by atoms with Crippen molar-refractivity contribution in [2.45, 2.75) is 6.54 Å². The van der Waals surface area contributed by atoms with E-state index in [-0.39, 0.29) is 0 Å². The Kier molecular flexibility index (Phi) is 4.06. The summed E-state index contributed by atoms with van der Waals surface area (Å²) in [6.07, 6.45) is 0. The van der Waals surface area contributed by atoms with Gasteiger partial charge in [-0.2, -0.15) is 0 Å². The highest BCUT2D eigenvalue weighted by Gasteiger charge is 2.15. The third-order valence-electron chi connectivity index (χ3n) is 3.29. The van der Waals surface area contributed by atoms with E-state index in [0.717, 1.165) is 28.5 Å². The average Bonchev–Trinajstić information content (AvgIpc) is 2.54. The molecule has 2 aromatic carbocycles. The van der Waals surface area contributed by atoms with Gasteiger partial charge >= 0.3 is 0 Å². The number of para-hydroxylation sites is 1. The number of benzene rings is 2. The van der Waals surface area contributed by atoms with Crippen LogP contribution in [0.4, 0.5) is 5.69 Å². The van der Waals surface area contributed by atoms with Crippen molar-refractivity contribution in [3.05, 3.63) is 47.0 Å². The molecule has 0 aromatic heterocycles. The fourth-order valence-electron chi connectivity index (χ4n) is 2.23. The molecule has 5 heteroatoms. The van der Waals surface area contributed by atoms with Gasteiger partial charge in [-0.05, 0) is 18.2 Å². The van der Waals surface area contributed by atoms with Crippen LogP contribution < -0.4 is 19.5 Å². The Balaban J connectivity index is 1.79. The van der Waals surface area contributed by atoms with Crippen LogP contribution in [0.25, 0.3) is 0 Å². The lowest BCUT2D eigenvalue weighted by atomic mass is 10.1. The minimum Gasteiger partial charge on any atom is -0.497 e. The van der Waals surface area contributed by atoms with Gasteiger partial charge in [-0.15, -0.1) is 0 Å². The molecule has 0 saturated heterocycles. The van der Waals surface area contributed by atoms with Gasteiger partial charge in [-0.25, -0.2) is 0 Å². The molecule has 4 nitrogen and oxygen atoms in total. The quantitative estimate of drug-likeness (QED) is 0.934. The Morgan fingerprint density at radius 3 is 2.90 bits per heavy atom. The summed E-state index contributed by atoms with van der Waals surface area (Å²) in [5, 5.41) is 3.96. The highest BCUT2D eigenvalue weighted by atomic mass is 35.5. The van der Waals surface area contributed by atoms with Crippen LogP contribution in [0.15, 0.2) is 36.4 Å². The third-order valence-corrected chi connectivity index (χ3v) is 3.62. The topological polar surface area (TPSA) is 39.7 Å². The summed E-state index contributed by atoms with van der Waals surface area (Å²) in [5.74, 6) is 2.35. The number of rotatable bonds is 4. The Morgan fingerprint density at radius 2 is 2.05 bits per heavy atom. The minimum atomic E-state index is 0.573. The largest absolute Gasteiger partial charge is 0.497 e. The maximum Gasteiger partial charge on any atom is 0.166 e. The highest BCUT2D eigenvalue weighted by Crippen LogP contribution is 2.34. The molecule has 110 valence electrons. The van der Waals surface area contributed by atoms with Gasteiger partial charge in [0.25, 0.3) is 0 Å². The first-order chi connectivity index (χ1) is 10.3. The summed E-state index contributed by atoms with van der Waals surface area (Å²) in [6, 6.07) is 11.4. The first-order valence-corrected chi connectivity index (χ1v) is 7.10. The summed E-state index contributed by atoms with van der Waals surface area (Å²) in [4.78, 5) is 0. The number of hydrogen-bond acceptors (Lipinski definition) is 4. The highest BCUT2D eigenvalue weighted by molar-refractivity contribution is 6.33. The van der Waals surface area contributed by atoms with Gasteiger partial charge in [0.1, 0.15) is 19.0 Å². The molecule has 1 aliphatic heterocycles. The van der Waals surface area contributed by atoms with Crippen molar-refractivity contribution in [2.24, 2.45) is 0 Å². The molecule has 1 heterocycles. The first kappa shape index (κ1) is 13.9. The van der Waals surface area contributed by atoms with E-state index in [1.165, 1.54) is 0 Å². The molecule has 21 heavy (non-hydrogen) atoms. The minimum absolute atomic E-state index is 0.573. The Labute approximate surface area is 128 Å². The van der Waals surface area contributed by atoms with Crippen LogP contribution in [0, 0.1) is 0 Å². The molecule has 1 N–H and O–H groups in total. The molecule has 0 bridgehead atoms. The lowest BCUT2D eigenvalue weighted by Crippen LogP contribution is -2.17. The number of methoxy groups -OCH3 is 1. The van der Waals surface area contributed by atoms with Crippen molar-refractivity contribution in [3.8, 4) is 17.2 Å². The van der Waals surface area contributed by atoms with Crippen LogP contribution in [0.1, 0.15) is 5.56 Å². The van der Waals surface area contributed by atoms with Gasteiger partial charge in [-0.3, -0.25) is 0 Å². The predicted octanol–water partition coefficient (Wildman–Crippen LogP) is 3.73. The molecule has 0 unspecified atom stereocenters. The summed E-state index contributed by atoms with van der Waals surface area (Å²) < 4.78 is 16.5. The number of fused-ring (bicyclic) bond motifs is 1. The smallest absolute Gasteiger partial charge is 0.166 e. The standard InChI is InChI=1S/C16H16ClNO3/c1-19-12-5-6-13(17)14(9-12)18-10-11-3-2-4-15-16(11)21-8-7-20-15/h2-6,9,18H,7-8,10H2,1H3. The van der Waals surface area contributed by atoms with Crippen molar-refractivity contribution in [3.63, 3.8) is 0 Å². The second-order valence-corrected chi connectivity index (χ2v) is 5.05. The monoisotopic (exact) mass is 305 g/mol. The maximum absolute atomic E-state index is 6.19. The van der Waals surface area contributed by atoms with E-state index in [4.69, 9.17) is 25.8 Å². The maximum atomic E-state index is 6.19. The van der Waals surface area contributed by atoms with Crippen molar-refractivity contribution in [1.82, 2.24) is 0 Å². The molecular weight excluding hydrogens is 290 g/mol. The molecular formula is C16H16ClNO3. The Bertz CT molecular complexity index is 645. The summed E-state index contributed by atoms with van der Waals surface area (Å²) >= 11 is 6.19. The van der Waals surface area contributed by atoms with E-state index in [1.54, 1.807) is 7.11 Å². The van der Waals surface area contributed by atoms with Crippen molar-refractivity contribution in [2.75, 3.05) is 25.6 Å². The molecule has 0 aliphatic carbocycles. The van der Waals surface area contributed by atoms with Crippen LogP contribution >= 0.6 is 11.6 Å². The fraction of sp³-hybridized carbons (Fsp3) is 0.250. The lowest BCUT2D eigenvalue weighted by molar-refractivity contribution is 0.170. The Hall–Kier alpha value is -2.07. The lowest BCUT2D eigenvalue weighted by Gasteiger charge is -2.21. The van der Waals surface area contributed by atoms with Gasteiger partial charge in [0.15, 0.2) is 11.5 Å². The zero-order chi connectivity index (χ0) is 14.7. The van der Waals surface area contributed by atoms with Crippen molar-refractivity contribution >= 4 is 17.3 Å². The van der Waals surface area contributed by atoms with Crippen LogP contribution in [-0.2, 0) is 6.54 Å². The second kappa shape index (κ2) is 6.14. The number of hydrogen-bond donors (Lipinski definition) is 1. The van der Waals surface area contributed by atoms with Crippen molar-refractivity contribution in [1.29, 1.82) is 0 Å². The van der Waals surface area contributed by atoms with E-state index in [1.807, 2.05) is 36.4 Å². The normalized spacial score (nSPS) is 12.9. The van der Waals surface area contributed by atoms with E-state index >= 15 is 0 Å². The number of anilines is 1. The SMILES string of the molecule is COc1ccc(Cl)c(NCc2cccc3c2OCCO3)c1.